The Labute approximate surface area is 207 Å². The smallest absolute Gasteiger partial charge is 0.279 e. The van der Waals surface area contributed by atoms with Crippen molar-refractivity contribution in [3.8, 4) is 5.75 Å². The maximum Gasteiger partial charge on any atom is 0.279 e. The zero-order valence-electron chi connectivity index (χ0n) is 19.3. The number of hydrogen-bond acceptors (Lipinski definition) is 5. The van der Waals surface area contributed by atoms with Crippen LogP contribution in [0.5, 0.6) is 5.75 Å². The number of amides is 1. The first-order valence-electron chi connectivity index (χ1n) is 10.7. The first-order valence-corrected chi connectivity index (χ1v) is 11.4. The van der Waals surface area contributed by atoms with Gasteiger partial charge in [-0.05, 0) is 63.1 Å². The molecule has 34 heavy (non-hydrogen) atoms. The highest BCUT2D eigenvalue weighted by atomic mass is 35.5. The van der Waals surface area contributed by atoms with Crippen molar-refractivity contribution in [2.75, 3.05) is 5.32 Å². The zero-order valence-corrected chi connectivity index (χ0v) is 20.8. The molecule has 4 rings (SSSR count). The Balaban J connectivity index is 1.49. The van der Waals surface area contributed by atoms with Crippen LogP contribution in [0.4, 0.5) is 5.82 Å². The van der Waals surface area contributed by atoms with Crippen molar-refractivity contribution < 1.29 is 14.1 Å². The molecular formula is C25H24Cl2N4O3. The van der Waals surface area contributed by atoms with Crippen molar-refractivity contribution in [2.24, 2.45) is 0 Å². The van der Waals surface area contributed by atoms with Crippen molar-refractivity contribution in [3.63, 3.8) is 0 Å². The summed E-state index contributed by atoms with van der Waals surface area (Å²) in [7, 11) is 0. The van der Waals surface area contributed by atoms with E-state index in [1.165, 1.54) is 0 Å². The van der Waals surface area contributed by atoms with Gasteiger partial charge in [-0.1, -0.05) is 40.5 Å². The molecule has 0 aliphatic rings. The van der Waals surface area contributed by atoms with Crippen LogP contribution in [0.3, 0.4) is 0 Å². The minimum atomic E-state index is -0.434. The van der Waals surface area contributed by atoms with Crippen molar-refractivity contribution in [3.05, 3.63) is 91.9 Å². The van der Waals surface area contributed by atoms with E-state index in [-0.39, 0.29) is 12.3 Å². The van der Waals surface area contributed by atoms with Crippen molar-refractivity contribution in [1.29, 1.82) is 0 Å². The lowest BCUT2D eigenvalue weighted by molar-refractivity contribution is 0.101. The third kappa shape index (κ3) is 5.26. The molecule has 0 fully saturated rings. The van der Waals surface area contributed by atoms with Gasteiger partial charge < -0.3 is 14.6 Å². The fourth-order valence-corrected chi connectivity index (χ4v) is 4.17. The molecule has 0 unspecified atom stereocenters. The van der Waals surface area contributed by atoms with Gasteiger partial charge in [-0.3, -0.25) is 9.48 Å². The van der Waals surface area contributed by atoms with Crippen LogP contribution in [0.2, 0.25) is 10.0 Å². The van der Waals surface area contributed by atoms with E-state index in [0.717, 1.165) is 28.1 Å². The Hall–Kier alpha value is -3.29. The molecule has 2 heterocycles. The second-order valence-electron chi connectivity index (χ2n) is 8.16. The van der Waals surface area contributed by atoms with Crippen molar-refractivity contribution in [1.82, 2.24) is 14.9 Å². The van der Waals surface area contributed by atoms with Gasteiger partial charge in [-0.2, -0.15) is 5.10 Å². The van der Waals surface area contributed by atoms with E-state index in [9.17, 15) is 4.79 Å². The minimum absolute atomic E-state index is 0.152. The van der Waals surface area contributed by atoms with Crippen LogP contribution in [-0.2, 0) is 13.2 Å². The molecule has 176 valence electrons. The minimum Gasteiger partial charge on any atom is -0.489 e. The van der Waals surface area contributed by atoms with Crippen LogP contribution < -0.4 is 10.1 Å². The Morgan fingerprint density at radius 1 is 1.03 bits per heavy atom. The zero-order chi connectivity index (χ0) is 24.4. The van der Waals surface area contributed by atoms with E-state index < -0.39 is 5.91 Å². The molecule has 2 aromatic carbocycles. The lowest BCUT2D eigenvalue weighted by atomic mass is 10.1. The number of aromatic nitrogens is 3. The Kier molecular flexibility index (Phi) is 6.95. The average molecular weight is 499 g/mol. The van der Waals surface area contributed by atoms with Gasteiger partial charge >= 0.3 is 0 Å². The van der Waals surface area contributed by atoms with E-state index in [4.69, 9.17) is 32.5 Å². The molecule has 4 aromatic rings. The normalized spacial score (nSPS) is 11.0. The summed E-state index contributed by atoms with van der Waals surface area (Å²) >= 11 is 12.6. The molecule has 7 nitrogen and oxygen atoms in total. The van der Waals surface area contributed by atoms with Gasteiger partial charge in [0, 0.05) is 27.4 Å². The van der Waals surface area contributed by atoms with Gasteiger partial charge in [0.2, 0.25) is 0 Å². The molecule has 0 bridgehead atoms. The van der Waals surface area contributed by atoms with Gasteiger partial charge in [0.25, 0.3) is 5.91 Å². The maximum atomic E-state index is 13.0. The van der Waals surface area contributed by atoms with Crippen LogP contribution in [0.25, 0.3) is 0 Å². The molecule has 0 aliphatic carbocycles. The number of anilines is 1. The van der Waals surface area contributed by atoms with Crippen LogP contribution in [0, 0.1) is 27.7 Å². The van der Waals surface area contributed by atoms with Crippen molar-refractivity contribution >= 4 is 34.9 Å². The van der Waals surface area contributed by atoms with Crippen LogP contribution in [0.1, 0.15) is 44.2 Å². The third-order valence-electron chi connectivity index (χ3n) is 5.37. The SMILES string of the molecule is Cc1cc(C)cc(OCc2c(C(=O)Nc3cc(C)n(Cc4c(Cl)cccc4Cl)n3)noc2C)c1. The molecule has 0 aliphatic heterocycles. The first kappa shape index (κ1) is 23.9. The Morgan fingerprint density at radius 2 is 1.71 bits per heavy atom. The first-order chi connectivity index (χ1) is 16.2. The molecule has 2 aromatic heterocycles. The Morgan fingerprint density at radius 3 is 2.38 bits per heavy atom. The largest absolute Gasteiger partial charge is 0.489 e. The lowest BCUT2D eigenvalue weighted by Crippen LogP contribution is -2.16. The highest BCUT2D eigenvalue weighted by Gasteiger charge is 2.22. The molecular weight excluding hydrogens is 475 g/mol. The van der Waals surface area contributed by atoms with Gasteiger partial charge in [0.05, 0.1) is 12.1 Å². The number of nitrogens with zero attached hydrogens (tertiary/aromatic N) is 3. The summed E-state index contributed by atoms with van der Waals surface area (Å²) in [5, 5.41) is 12.3. The van der Waals surface area contributed by atoms with Crippen LogP contribution >= 0.6 is 23.2 Å². The molecule has 0 saturated carbocycles. The molecule has 0 spiro atoms. The summed E-state index contributed by atoms with van der Waals surface area (Å²) in [6.45, 7) is 8.17. The molecule has 1 amide bonds. The second-order valence-corrected chi connectivity index (χ2v) is 8.98. The number of hydrogen-bond donors (Lipinski definition) is 1. The standard InChI is InChI=1S/C25H24Cl2N4O3/c1-14-8-15(2)10-18(9-14)33-13-20-17(4)34-30-24(20)25(32)28-23-11-16(3)31(29-23)12-19-21(26)6-5-7-22(19)27/h5-11H,12-13H2,1-4H3,(H,28,29,32). The quantitative estimate of drug-likeness (QED) is 0.323. The third-order valence-corrected chi connectivity index (χ3v) is 6.08. The average Bonchev–Trinajstić information content (AvgIpc) is 3.30. The number of rotatable bonds is 7. The number of nitrogens with one attached hydrogen (secondary N) is 1. The summed E-state index contributed by atoms with van der Waals surface area (Å²) in [5.41, 5.74) is 4.52. The molecule has 0 saturated heterocycles. The van der Waals surface area contributed by atoms with Crippen LogP contribution in [-0.4, -0.2) is 20.8 Å². The summed E-state index contributed by atoms with van der Waals surface area (Å²) in [4.78, 5) is 13.0. The van der Waals surface area contributed by atoms with E-state index in [1.54, 1.807) is 35.9 Å². The van der Waals surface area contributed by atoms with Gasteiger partial charge in [-0.15, -0.1) is 0 Å². The summed E-state index contributed by atoms with van der Waals surface area (Å²) in [6.07, 6.45) is 0. The predicted molar refractivity (Wildman–Crippen MR) is 132 cm³/mol. The second kappa shape index (κ2) is 9.91. The monoisotopic (exact) mass is 498 g/mol. The fraction of sp³-hybridized carbons (Fsp3) is 0.240. The number of ether oxygens (including phenoxy) is 1. The van der Waals surface area contributed by atoms with Gasteiger partial charge in [0.15, 0.2) is 11.5 Å². The van der Waals surface area contributed by atoms with E-state index in [0.29, 0.717) is 33.7 Å². The number of carbonyl (C=O) groups is 1. The Bertz CT molecular complexity index is 1320. The number of halogens is 2. The molecule has 0 atom stereocenters. The summed E-state index contributed by atoms with van der Waals surface area (Å²) < 4.78 is 12.9. The van der Waals surface area contributed by atoms with Crippen LogP contribution in [0.15, 0.2) is 47.0 Å². The van der Waals surface area contributed by atoms with Gasteiger partial charge in [0.1, 0.15) is 18.1 Å². The van der Waals surface area contributed by atoms with E-state index in [1.807, 2.05) is 32.9 Å². The van der Waals surface area contributed by atoms with Crippen molar-refractivity contribution in [2.45, 2.75) is 40.8 Å². The lowest BCUT2D eigenvalue weighted by Gasteiger charge is -2.09. The summed E-state index contributed by atoms with van der Waals surface area (Å²) in [5.74, 6) is 1.19. The van der Waals surface area contributed by atoms with E-state index >= 15 is 0 Å². The fourth-order valence-electron chi connectivity index (χ4n) is 3.65. The van der Waals surface area contributed by atoms with E-state index in [2.05, 4.69) is 21.6 Å². The highest BCUT2D eigenvalue weighted by molar-refractivity contribution is 6.36. The summed E-state index contributed by atoms with van der Waals surface area (Å²) in [6, 6.07) is 13.1. The molecule has 1 N–H and O–H groups in total. The predicted octanol–water partition coefficient (Wildman–Crippen LogP) is 6.29. The maximum absolute atomic E-state index is 13.0. The number of benzene rings is 2. The number of carbonyl (C=O) groups excluding carboxylic acids is 1. The highest BCUT2D eigenvalue weighted by Crippen LogP contribution is 2.26. The molecule has 0 radical (unpaired) electrons. The van der Waals surface area contributed by atoms with Gasteiger partial charge in [-0.25, -0.2) is 0 Å². The molecule has 9 heteroatoms. The number of aryl methyl sites for hydroxylation is 4. The topological polar surface area (TPSA) is 82.2 Å².